The third-order valence-electron chi connectivity index (χ3n) is 23.3. The first-order valence-electron chi connectivity index (χ1n) is 31.8. The van der Waals surface area contributed by atoms with Gasteiger partial charge in [0.2, 0.25) is 0 Å². The van der Waals surface area contributed by atoms with E-state index in [4.69, 9.17) is 0 Å². The Morgan fingerprint density at radius 1 is 0.398 bits per heavy atom. The van der Waals surface area contributed by atoms with Gasteiger partial charge in [-0.1, -0.05) is 213 Å². The van der Waals surface area contributed by atoms with E-state index >= 15 is 0 Å². The lowest BCUT2D eigenvalue weighted by molar-refractivity contribution is 0.195. The lowest BCUT2D eigenvalue weighted by Crippen LogP contribution is -2.62. The van der Waals surface area contributed by atoms with Gasteiger partial charge >= 0.3 is 0 Å². The van der Waals surface area contributed by atoms with E-state index in [1.165, 1.54) is 154 Å². The van der Waals surface area contributed by atoms with Crippen LogP contribution in [0.15, 0.2) is 152 Å². The molecule has 4 aliphatic carbocycles. The summed E-state index contributed by atoms with van der Waals surface area (Å²) in [6.45, 7) is 37.3. The molecule has 2 unspecified atom stereocenters. The van der Waals surface area contributed by atoms with Crippen LogP contribution in [0, 0.1) is 0 Å². The molecule has 1 saturated carbocycles. The van der Waals surface area contributed by atoms with Gasteiger partial charge in [-0.05, 0) is 199 Å². The van der Waals surface area contributed by atoms with Crippen LogP contribution in [0.5, 0.6) is 0 Å². The third-order valence-corrected chi connectivity index (χ3v) is 23.3. The number of hydrogen-bond acceptors (Lipinski definition) is 3. The van der Waals surface area contributed by atoms with Gasteiger partial charge in [-0.2, -0.15) is 0 Å². The summed E-state index contributed by atoms with van der Waals surface area (Å²) >= 11 is 0. The average Bonchev–Trinajstić information content (AvgIpc) is 1.76. The molecule has 3 aliphatic heterocycles. The van der Waals surface area contributed by atoms with Gasteiger partial charge in [0.05, 0.1) is 11.2 Å². The second-order valence-electron chi connectivity index (χ2n) is 31.3. The molecule has 8 aromatic rings. The van der Waals surface area contributed by atoms with Crippen LogP contribution in [0.1, 0.15) is 200 Å². The molecule has 0 aromatic heterocycles. The summed E-state index contributed by atoms with van der Waals surface area (Å²) in [6, 6.07) is 61.3. The highest BCUT2D eigenvalue weighted by molar-refractivity contribution is 7.00. The Kier molecular flexibility index (Phi) is 11.0. The highest BCUT2D eigenvalue weighted by Crippen LogP contribution is 2.63. The van der Waals surface area contributed by atoms with Crippen molar-refractivity contribution in [3.63, 3.8) is 0 Å². The predicted octanol–water partition coefficient (Wildman–Crippen LogP) is 19.5. The topological polar surface area (TPSA) is 9.72 Å². The van der Waals surface area contributed by atoms with E-state index in [0.717, 1.165) is 25.7 Å². The molecular formula is C79H86BN3. The van der Waals surface area contributed by atoms with Gasteiger partial charge in [-0.25, -0.2) is 0 Å². The smallest absolute Gasteiger partial charge is 0.252 e. The molecule has 3 nitrogen and oxygen atoms in total. The maximum absolute atomic E-state index is 2.86. The predicted molar refractivity (Wildman–Crippen MR) is 356 cm³/mol. The molecule has 15 rings (SSSR count). The maximum Gasteiger partial charge on any atom is 0.252 e. The minimum Gasteiger partial charge on any atom is -0.334 e. The van der Waals surface area contributed by atoms with Gasteiger partial charge in [0.1, 0.15) is 0 Å². The molecule has 8 aromatic carbocycles. The number of fused-ring (bicyclic) bond motifs is 13. The van der Waals surface area contributed by atoms with Crippen molar-refractivity contribution in [1.29, 1.82) is 0 Å². The van der Waals surface area contributed by atoms with Crippen molar-refractivity contribution in [3.05, 3.63) is 196 Å². The Bertz CT molecular complexity index is 4070. The van der Waals surface area contributed by atoms with Crippen molar-refractivity contribution in [2.24, 2.45) is 0 Å². The fraction of sp³-hybridized carbons (Fsp3) is 0.392. The Hall–Kier alpha value is -6.78. The Labute approximate surface area is 497 Å². The minimum atomic E-state index is -0.299. The van der Waals surface area contributed by atoms with Crippen LogP contribution in [0.2, 0.25) is 0 Å². The lowest BCUT2D eigenvalue weighted by atomic mass is 9.32. The monoisotopic (exact) mass is 1090 g/mol. The van der Waals surface area contributed by atoms with Gasteiger partial charge in [-0.3, -0.25) is 0 Å². The molecule has 0 spiro atoms. The van der Waals surface area contributed by atoms with Crippen molar-refractivity contribution < 1.29 is 0 Å². The molecule has 0 saturated heterocycles. The van der Waals surface area contributed by atoms with E-state index in [-0.39, 0.29) is 50.2 Å². The third kappa shape index (κ3) is 7.23. The Morgan fingerprint density at radius 2 is 1.00 bits per heavy atom. The second kappa shape index (κ2) is 17.2. The molecule has 2 atom stereocenters. The normalized spacial score (nSPS) is 23.0. The summed E-state index contributed by atoms with van der Waals surface area (Å²) in [6.07, 6.45) is 9.44. The number of nitrogens with zero attached hydrogens (tertiary/aromatic N) is 3. The minimum absolute atomic E-state index is 0.00491. The van der Waals surface area contributed by atoms with Crippen LogP contribution in [0.3, 0.4) is 0 Å². The van der Waals surface area contributed by atoms with Crippen molar-refractivity contribution in [2.75, 3.05) is 14.7 Å². The maximum atomic E-state index is 2.86. The van der Waals surface area contributed by atoms with E-state index in [0.29, 0.717) is 0 Å². The summed E-state index contributed by atoms with van der Waals surface area (Å²) in [5.41, 5.74) is 31.1. The van der Waals surface area contributed by atoms with Gasteiger partial charge in [-0.15, -0.1) is 0 Å². The summed E-state index contributed by atoms with van der Waals surface area (Å²) in [5, 5.41) is 0. The van der Waals surface area contributed by atoms with Crippen molar-refractivity contribution in [3.8, 4) is 22.3 Å². The molecule has 83 heavy (non-hydrogen) atoms. The molecule has 1 fully saturated rings. The second-order valence-corrected chi connectivity index (χ2v) is 31.3. The standard InChI is InChI=1S/C79H86BN3/c1-72(2,3)50-31-36-64(55(43-50)49-25-17-16-18-26-49)82-68-46-52(83-65-30-22-21-29-58(65)78(14)37-23-24-38-79(78,83)15)45-67-70(68)80(62-35-33-54-53-27-19-20-28-56(53)77(12,13)69(54)71(62)82)63-47-60-61(76(10,11)42-41-75(60,8)9)48-66(63)81(67)51-32-34-57-59(44-51)74(6,7)40-39-73(57,4)5/h16-22,25-36,43-48H,23-24,37-42H2,1-15H3. The number of rotatable bonds is 4. The summed E-state index contributed by atoms with van der Waals surface area (Å²) in [4.78, 5) is 8.49. The summed E-state index contributed by atoms with van der Waals surface area (Å²) in [5.74, 6) is 0. The van der Waals surface area contributed by atoms with Gasteiger partial charge < -0.3 is 14.7 Å². The number of para-hydroxylation sites is 1. The first-order valence-corrected chi connectivity index (χ1v) is 31.8. The molecule has 0 amide bonds. The van der Waals surface area contributed by atoms with Crippen molar-refractivity contribution in [2.45, 2.75) is 199 Å². The van der Waals surface area contributed by atoms with E-state index in [2.05, 4.69) is 270 Å². The first-order chi connectivity index (χ1) is 39.3. The quantitative estimate of drug-likeness (QED) is 0.163. The number of anilines is 8. The number of benzene rings is 8. The Morgan fingerprint density at radius 3 is 1.70 bits per heavy atom. The first kappa shape index (κ1) is 53.0. The molecular weight excluding hydrogens is 1000 g/mol. The molecule has 0 radical (unpaired) electrons. The average molecular weight is 1090 g/mol. The lowest BCUT2D eigenvalue weighted by Gasteiger charge is -2.51. The van der Waals surface area contributed by atoms with Crippen molar-refractivity contribution >= 4 is 68.6 Å². The fourth-order valence-electron chi connectivity index (χ4n) is 17.9. The van der Waals surface area contributed by atoms with Gasteiger partial charge in [0.25, 0.3) is 6.71 Å². The largest absolute Gasteiger partial charge is 0.334 e. The van der Waals surface area contributed by atoms with E-state index in [9.17, 15) is 0 Å². The molecule has 0 N–H and O–H groups in total. The fourth-order valence-corrected chi connectivity index (χ4v) is 17.9. The summed E-state index contributed by atoms with van der Waals surface area (Å²) < 4.78 is 0. The van der Waals surface area contributed by atoms with E-state index < -0.39 is 0 Å². The zero-order valence-corrected chi connectivity index (χ0v) is 52.5. The van der Waals surface area contributed by atoms with Crippen LogP contribution in [-0.2, 0) is 37.9 Å². The molecule has 420 valence electrons. The SMILES string of the molecule is CC(C)(C)c1ccc(N2c3cc(N4c5ccccc5C5(C)CCCCC45C)cc4c3B(c3cc5c(cc3N4c3ccc4c(c3)C(C)(C)CCC4(C)C)C(C)(C)CCC5(C)C)c3ccc4c(c32)C(C)(C)c2ccccc2-4)c(-c2ccccc2)c1. The molecule has 4 heteroatoms. The zero-order chi connectivity index (χ0) is 57.9. The van der Waals surface area contributed by atoms with Crippen molar-refractivity contribution in [1.82, 2.24) is 0 Å². The molecule has 0 bridgehead atoms. The van der Waals surface area contributed by atoms with E-state index in [1.807, 2.05) is 0 Å². The van der Waals surface area contributed by atoms with Crippen LogP contribution < -0.4 is 31.1 Å². The van der Waals surface area contributed by atoms with Crippen LogP contribution in [0.4, 0.5) is 45.5 Å². The van der Waals surface area contributed by atoms with Gasteiger partial charge in [0, 0.05) is 56.2 Å². The Balaban J connectivity index is 1.14. The molecule has 3 heterocycles. The zero-order valence-electron chi connectivity index (χ0n) is 52.5. The van der Waals surface area contributed by atoms with Crippen LogP contribution in [-0.4, -0.2) is 12.3 Å². The number of hydrogen-bond donors (Lipinski definition) is 0. The van der Waals surface area contributed by atoms with E-state index in [1.54, 1.807) is 0 Å². The van der Waals surface area contributed by atoms with Crippen LogP contribution >= 0.6 is 0 Å². The van der Waals surface area contributed by atoms with Gasteiger partial charge in [0.15, 0.2) is 0 Å². The highest BCUT2D eigenvalue weighted by Gasteiger charge is 2.59. The molecule has 7 aliphatic rings. The summed E-state index contributed by atoms with van der Waals surface area (Å²) in [7, 11) is 0. The highest BCUT2D eigenvalue weighted by atomic mass is 15.3. The van der Waals surface area contributed by atoms with Crippen LogP contribution in [0.25, 0.3) is 22.3 Å².